The van der Waals surface area contributed by atoms with Crippen LogP contribution in [-0.4, -0.2) is 28.2 Å². The summed E-state index contributed by atoms with van der Waals surface area (Å²) in [5, 5.41) is 8.99. The van der Waals surface area contributed by atoms with Crippen LogP contribution in [0.25, 0.3) is 11.4 Å². The normalized spacial score (nSPS) is 10.8. The highest BCUT2D eigenvalue weighted by Crippen LogP contribution is 2.19. The zero-order chi connectivity index (χ0) is 12.3. The smallest absolute Gasteiger partial charge is 0.255 e. The summed E-state index contributed by atoms with van der Waals surface area (Å²) in [4.78, 5) is 4.10. The minimum absolute atomic E-state index is 0.184. The molecule has 90 valence electrons. The first-order valence-corrected chi connectivity index (χ1v) is 5.17. The first-order chi connectivity index (χ1) is 8.16. The minimum atomic E-state index is -2.42. The molecule has 0 fully saturated rings. The van der Waals surface area contributed by atoms with Crippen LogP contribution in [0.5, 0.6) is 0 Å². The van der Waals surface area contributed by atoms with Crippen LogP contribution in [0.1, 0.15) is 5.56 Å². The van der Waals surface area contributed by atoms with E-state index in [2.05, 4.69) is 20.5 Å². The second kappa shape index (κ2) is 4.90. The minimum Gasteiger partial charge on any atom is -0.347 e. The number of hydrogen-bond donors (Lipinski definition) is 2. The third kappa shape index (κ3) is 2.77. The van der Waals surface area contributed by atoms with Crippen LogP contribution in [0, 0.1) is 6.92 Å². The predicted octanol–water partition coefficient (Wildman–Crippen LogP) is 2.46. The van der Waals surface area contributed by atoms with E-state index in [0.29, 0.717) is 5.82 Å². The number of anilines is 1. The van der Waals surface area contributed by atoms with Crippen LogP contribution in [0.4, 0.5) is 14.7 Å². The fourth-order valence-corrected chi connectivity index (χ4v) is 1.47. The number of nitrogens with one attached hydrogen (secondary N) is 2. The van der Waals surface area contributed by atoms with Crippen LogP contribution in [0.15, 0.2) is 24.3 Å². The van der Waals surface area contributed by atoms with Gasteiger partial charge in [-0.1, -0.05) is 24.3 Å². The summed E-state index contributed by atoms with van der Waals surface area (Å²) in [6.45, 7) is 1.50. The van der Waals surface area contributed by atoms with Crippen LogP contribution in [0.2, 0.25) is 0 Å². The number of nitrogens with zero attached hydrogens (tertiary/aromatic N) is 2. The predicted molar refractivity (Wildman–Crippen MR) is 61.0 cm³/mol. The molecule has 0 bridgehead atoms. The first-order valence-electron chi connectivity index (χ1n) is 5.17. The van der Waals surface area contributed by atoms with Gasteiger partial charge in [0, 0.05) is 5.56 Å². The average molecular weight is 238 g/mol. The fourth-order valence-electron chi connectivity index (χ4n) is 1.47. The molecular formula is C11H12F2N4. The first kappa shape index (κ1) is 11.5. The van der Waals surface area contributed by atoms with E-state index in [1.54, 1.807) is 0 Å². The van der Waals surface area contributed by atoms with Gasteiger partial charge in [-0.15, -0.1) is 5.10 Å². The van der Waals surface area contributed by atoms with E-state index in [4.69, 9.17) is 0 Å². The summed E-state index contributed by atoms with van der Waals surface area (Å²) in [5.74, 6) is 0.753. The molecule has 0 spiro atoms. The van der Waals surface area contributed by atoms with E-state index in [9.17, 15) is 8.78 Å². The van der Waals surface area contributed by atoms with Gasteiger partial charge in [-0.25, -0.2) is 8.78 Å². The Morgan fingerprint density at radius 1 is 1.35 bits per heavy atom. The summed E-state index contributed by atoms with van der Waals surface area (Å²) in [7, 11) is 0. The molecule has 4 nitrogen and oxygen atoms in total. The van der Waals surface area contributed by atoms with Crippen molar-refractivity contribution < 1.29 is 8.78 Å². The maximum Gasteiger partial charge on any atom is 0.255 e. The zero-order valence-corrected chi connectivity index (χ0v) is 9.24. The quantitative estimate of drug-likeness (QED) is 0.860. The molecule has 0 atom stereocenters. The molecular weight excluding hydrogens is 226 g/mol. The number of hydrogen-bond acceptors (Lipinski definition) is 3. The molecule has 17 heavy (non-hydrogen) atoms. The monoisotopic (exact) mass is 238 g/mol. The maximum atomic E-state index is 12.0. The van der Waals surface area contributed by atoms with Crippen LogP contribution >= 0.6 is 0 Å². The van der Waals surface area contributed by atoms with Crippen molar-refractivity contribution in [2.24, 2.45) is 0 Å². The Labute approximate surface area is 97.1 Å². The summed E-state index contributed by atoms with van der Waals surface area (Å²) in [6.07, 6.45) is -2.42. The largest absolute Gasteiger partial charge is 0.347 e. The van der Waals surface area contributed by atoms with Crippen molar-refractivity contribution in [3.8, 4) is 11.4 Å². The molecule has 1 aromatic heterocycles. The Bertz CT molecular complexity index is 496. The van der Waals surface area contributed by atoms with Gasteiger partial charge >= 0.3 is 0 Å². The van der Waals surface area contributed by atoms with Crippen molar-refractivity contribution >= 4 is 5.95 Å². The van der Waals surface area contributed by atoms with Gasteiger partial charge in [0.15, 0.2) is 5.82 Å². The lowest BCUT2D eigenvalue weighted by Crippen LogP contribution is -2.11. The molecule has 0 radical (unpaired) electrons. The van der Waals surface area contributed by atoms with Crippen molar-refractivity contribution in [3.63, 3.8) is 0 Å². The second-order valence-corrected chi connectivity index (χ2v) is 3.59. The van der Waals surface area contributed by atoms with E-state index in [-0.39, 0.29) is 5.95 Å². The summed E-state index contributed by atoms with van der Waals surface area (Å²) >= 11 is 0. The summed E-state index contributed by atoms with van der Waals surface area (Å²) in [6, 6.07) is 7.65. The molecule has 0 aliphatic carbocycles. The number of aromatic amines is 1. The van der Waals surface area contributed by atoms with E-state index < -0.39 is 13.0 Å². The van der Waals surface area contributed by atoms with Gasteiger partial charge in [-0.2, -0.15) is 4.98 Å². The molecule has 2 rings (SSSR count). The molecule has 0 amide bonds. The topological polar surface area (TPSA) is 53.6 Å². The van der Waals surface area contributed by atoms with Crippen LogP contribution in [0.3, 0.4) is 0 Å². The number of halogens is 2. The molecule has 0 aliphatic heterocycles. The van der Waals surface area contributed by atoms with Crippen molar-refractivity contribution in [2.75, 3.05) is 11.9 Å². The Balaban J connectivity index is 2.16. The van der Waals surface area contributed by atoms with Gasteiger partial charge in [0.25, 0.3) is 6.43 Å². The lowest BCUT2D eigenvalue weighted by Gasteiger charge is -2.00. The Morgan fingerprint density at radius 3 is 2.82 bits per heavy atom. The van der Waals surface area contributed by atoms with Gasteiger partial charge in [-0.3, -0.25) is 5.10 Å². The Morgan fingerprint density at radius 2 is 2.12 bits per heavy atom. The molecule has 0 unspecified atom stereocenters. The third-order valence-corrected chi connectivity index (χ3v) is 2.30. The highest BCUT2D eigenvalue weighted by molar-refractivity contribution is 5.60. The fraction of sp³-hybridized carbons (Fsp3) is 0.273. The number of rotatable bonds is 4. The molecule has 1 aromatic carbocycles. The number of H-pyrrole nitrogens is 1. The van der Waals surface area contributed by atoms with Gasteiger partial charge < -0.3 is 5.32 Å². The molecule has 1 heterocycles. The van der Waals surface area contributed by atoms with Crippen LogP contribution < -0.4 is 5.32 Å². The SMILES string of the molecule is Cc1ccccc1-c1nc(NCC(F)F)n[nH]1. The van der Waals surface area contributed by atoms with Crippen molar-refractivity contribution in [1.82, 2.24) is 15.2 Å². The lowest BCUT2D eigenvalue weighted by atomic mass is 10.1. The molecule has 6 heteroatoms. The molecule has 0 aliphatic rings. The third-order valence-electron chi connectivity index (χ3n) is 2.30. The van der Waals surface area contributed by atoms with E-state index >= 15 is 0 Å². The van der Waals surface area contributed by atoms with Gasteiger partial charge in [0.1, 0.15) is 0 Å². The number of alkyl halides is 2. The highest BCUT2D eigenvalue weighted by Gasteiger charge is 2.08. The molecule has 2 N–H and O–H groups in total. The standard InChI is InChI=1S/C11H12F2N4/c1-7-4-2-3-5-8(7)10-15-11(17-16-10)14-6-9(12)13/h2-5,9H,6H2,1H3,(H2,14,15,16,17). The average Bonchev–Trinajstić information content (AvgIpc) is 2.75. The van der Waals surface area contributed by atoms with Gasteiger partial charge in [0.05, 0.1) is 6.54 Å². The van der Waals surface area contributed by atoms with Gasteiger partial charge in [-0.05, 0) is 12.5 Å². The lowest BCUT2D eigenvalue weighted by molar-refractivity contribution is 0.163. The molecule has 2 aromatic rings. The van der Waals surface area contributed by atoms with Crippen molar-refractivity contribution in [1.29, 1.82) is 0 Å². The van der Waals surface area contributed by atoms with Gasteiger partial charge in [0.2, 0.25) is 5.95 Å². The summed E-state index contributed by atoms with van der Waals surface area (Å²) in [5.41, 5.74) is 1.95. The molecule has 0 saturated carbocycles. The van der Waals surface area contributed by atoms with Crippen molar-refractivity contribution in [2.45, 2.75) is 13.3 Å². The van der Waals surface area contributed by atoms with Crippen LogP contribution in [-0.2, 0) is 0 Å². The number of aromatic nitrogens is 3. The van der Waals surface area contributed by atoms with E-state index in [0.717, 1.165) is 11.1 Å². The number of aryl methyl sites for hydroxylation is 1. The van der Waals surface area contributed by atoms with E-state index in [1.165, 1.54) is 0 Å². The summed E-state index contributed by atoms with van der Waals surface area (Å²) < 4.78 is 24.0. The van der Waals surface area contributed by atoms with E-state index in [1.807, 2.05) is 31.2 Å². The zero-order valence-electron chi connectivity index (χ0n) is 9.24. The maximum absolute atomic E-state index is 12.0. The Hall–Kier alpha value is -1.98. The highest BCUT2D eigenvalue weighted by atomic mass is 19.3. The second-order valence-electron chi connectivity index (χ2n) is 3.59. The number of benzene rings is 1. The van der Waals surface area contributed by atoms with Crippen molar-refractivity contribution in [3.05, 3.63) is 29.8 Å². The molecule has 0 saturated heterocycles. The Kier molecular flexibility index (Phi) is 3.32.